The minimum atomic E-state index is -0.0727. The number of anilines is 1. The Labute approximate surface area is 160 Å². The minimum absolute atomic E-state index is 0.0727. The number of ether oxygens (including phenoxy) is 3. The smallest absolute Gasteiger partial charge is 0.193 e. The zero-order valence-corrected chi connectivity index (χ0v) is 15.9. The summed E-state index contributed by atoms with van der Waals surface area (Å²) in [4.78, 5) is 4.64. The maximum absolute atomic E-state index is 6.13. The third kappa shape index (κ3) is 4.71. The molecule has 0 unspecified atom stereocenters. The molecule has 0 saturated carbocycles. The van der Waals surface area contributed by atoms with Gasteiger partial charge in [0, 0.05) is 24.3 Å². The van der Waals surface area contributed by atoms with Crippen molar-refractivity contribution in [3.63, 3.8) is 0 Å². The molecule has 0 atom stereocenters. The van der Waals surface area contributed by atoms with Crippen LogP contribution < -0.4 is 20.5 Å². The predicted molar refractivity (Wildman–Crippen MR) is 108 cm³/mol. The van der Waals surface area contributed by atoms with Gasteiger partial charge in [-0.25, -0.2) is 0 Å². The van der Waals surface area contributed by atoms with Gasteiger partial charge in [0.15, 0.2) is 5.96 Å². The van der Waals surface area contributed by atoms with Crippen LogP contribution in [0.5, 0.6) is 11.5 Å². The molecule has 3 N–H and O–H groups in total. The van der Waals surface area contributed by atoms with Crippen LogP contribution in [0.2, 0.25) is 0 Å². The second-order valence-electron chi connectivity index (χ2n) is 6.68. The number of rotatable bonds is 6. The molecule has 0 amide bonds. The molecule has 1 saturated heterocycles. The Hall–Kier alpha value is -2.73. The first-order chi connectivity index (χ1) is 13.1. The van der Waals surface area contributed by atoms with E-state index < -0.39 is 0 Å². The van der Waals surface area contributed by atoms with Gasteiger partial charge >= 0.3 is 0 Å². The van der Waals surface area contributed by atoms with Gasteiger partial charge in [-0.3, -0.25) is 4.99 Å². The standard InChI is InChI=1S/C21H27N3O3/c1-25-18-7-3-16(4-8-18)21(11-13-27-14-12-21)15-23-20(22)24-17-5-9-19(26-2)10-6-17/h3-10H,11-15H2,1-2H3,(H3,22,23,24). The molecular weight excluding hydrogens is 342 g/mol. The van der Waals surface area contributed by atoms with E-state index in [4.69, 9.17) is 19.9 Å². The lowest BCUT2D eigenvalue weighted by Gasteiger charge is -2.36. The second-order valence-corrected chi connectivity index (χ2v) is 6.68. The highest BCUT2D eigenvalue weighted by molar-refractivity contribution is 5.92. The van der Waals surface area contributed by atoms with E-state index in [0.29, 0.717) is 12.5 Å². The third-order valence-electron chi connectivity index (χ3n) is 5.07. The fourth-order valence-corrected chi connectivity index (χ4v) is 3.34. The van der Waals surface area contributed by atoms with Crippen molar-refractivity contribution in [2.75, 3.05) is 39.3 Å². The van der Waals surface area contributed by atoms with E-state index in [0.717, 1.165) is 43.2 Å². The number of nitrogens with one attached hydrogen (secondary N) is 1. The van der Waals surface area contributed by atoms with Gasteiger partial charge in [-0.2, -0.15) is 0 Å². The highest BCUT2D eigenvalue weighted by Gasteiger charge is 2.34. The molecule has 6 nitrogen and oxygen atoms in total. The zero-order chi connectivity index (χ0) is 19.1. The number of nitrogens with two attached hydrogens (primary N) is 1. The van der Waals surface area contributed by atoms with E-state index in [1.807, 2.05) is 36.4 Å². The van der Waals surface area contributed by atoms with Crippen molar-refractivity contribution in [1.29, 1.82) is 0 Å². The molecule has 0 aliphatic carbocycles. The molecule has 1 heterocycles. The summed E-state index contributed by atoms with van der Waals surface area (Å²) in [6.07, 6.45) is 1.83. The van der Waals surface area contributed by atoms with Crippen LogP contribution in [0.4, 0.5) is 5.69 Å². The number of aliphatic imine (C=N–C) groups is 1. The predicted octanol–water partition coefficient (Wildman–Crippen LogP) is 3.18. The molecular formula is C21H27N3O3. The van der Waals surface area contributed by atoms with Crippen molar-refractivity contribution < 1.29 is 14.2 Å². The summed E-state index contributed by atoms with van der Waals surface area (Å²) in [5.41, 5.74) is 8.18. The van der Waals surface area contributed by atoms with Crippen molar-refractivity contribution in [3.8, 4) is 11.5 Å². The van der Waals surface area contributed by atoms with Crippen LogP contribution in [-0.4, -0.2) is 39.9 Å². The van der Waals surface area contributed by atoms with Gasteiger partial charge in [-0.05, 0) is 54.8 Å². The van der Waals surface area contributed by atoms with Gasteiger partial charge in [0.1, 0.15) is 11.5 Å². The normalized spacial score (nSPS) is 16.6. The van der Waals surface area contributed by atoms with Gasteiger partial charge in [-0.15, -0.1) is 0 Å². The highest BCUT2D eigenvalue weighted by Crippen LogP contribution is 2.36. The van der Waals surface area contributed by atoms with Crippen LogP contribution in [0.1, 0.15) is 18.4 Å². The summed E-state index contributed by atoms with van der Waals surface area (Å²) in [6.45, 7) is 2.07. The lowest BCUT2D eigenvalue weighted by molar-refractivity contribution is 0.0531. The summed E-state index contributed by atoms with van der Waals surface area (Å²) in [5.74, 6) is 2.06. The first kappa shape index (κ1) is 19.0. The molecule has 0 bridgehead atoms. The first-order valence-electron chi connectivity index (χ1n) is 9.08. The first-order valence-corrected chi connectivity index (χ1v) is 9.08. The SMILES string of the molecule is COc1ccc(NC(N)=NCC2(c3ccc(OC)cc3)CCOCC2)cc1. The van der Waals surface area contributed by atoms with Crippen LogP contribution in [-0.2, 0) is 10.2 Å². The number of hydrogen-bond acceptors (Lipinski definition) is 4. The van der Waals surface area contributed by atoms with Crippen LogP contribution in [0.3, 0.4) is 0 Å². The molecule has 144 valence electrons. The third-order valence-corrected chi connectivity index (χ3v) is 5.07. The molecule has 1 aliphatic heterocycles. The lowest BCUT2D eigenvalue weighted by Crippen LogP contribution is -2.38. The Bertz CT molecular complexity index is 751. The molecule has 0 radical (unpaired) electrons. The molecule has 2 aromatic carbocycles. The topological polar surface area (TPSA) is 78.1 Å². The van der Waals surface area contributed by atoms with Gasteiger partial charge in [0.2, 0.25) is 0 Å². The Morgan fingerprint density at radius 3 is 2.11 bits per heavy atom. The minimum Gasteiger partial charge on any atom is -0.497 e. The van der Waals surface area contributed by atoms with E-state index in [9.17, 15) is 0 Å². The summed E-state index contributed by atoms with van der Waals surface area (Å²) in [5, 5.41) is 3.14. The van der Waals surface area contributed by atoms with Gasteiger partial charge in [0.25, 0.3) is 0 Å². The van der Waals surface area contributed by atoms with Crippen molar-refractivity contribution in [2.45, 2.75) is 18.3 Å². The average molecular weight is 369 g/mol. The van der Waals surface area contributed by atoms with Crippen LogP contribution >= 0.6 is 0 Å². The van der Waals surface area contributed by atoms with E-state index in [-0.39, 0.29) is 5.41 Å². The second kappa shape index (κ2) is 8.77. The number of hydrogen-bond donors (Lipinski definition) is 2. The van der Waals surface area contributed by atoms with E-state index in [1.165, 1.54) is 5.56 Å². The molecule has 27 heavy (non-hydrogen) atoms. The summed E-state index contributed by atoms with van der Waals surface area (Å²) in [6, 6.07) is 15.8. The van der Waals surface area contributed by atoms with Crippen LogP contribution in [0, 0.1) is 0 Å². The van der Waals surface area contributed by atoms with Crippen LogP contribution in [0.15, 0.2) is 53.5 Å². The van der Waals surface area contributed by atoms with Crippen molar-refractivity contribution in [3.05, 3.63) is 54.1 Å². The van der Waals surface area contributed by atoms with Gasteiger partial charge < -0.3 is 25.3 Å². The summed E-state index contributed by atoms with van der Waals surface area (Å²) < 4.78 is 16.0. The van der Waals surface area contributed by atoms with E-state index in [2.05, 4.69) is 22.4 Å². The lowest BCUT2D eigenvalue weighted by atomic mass is 9.74. The maximum Gasteiger partial charge on any atom is 0.193 e. The van der Waals surface area contributed by atoms with Crippen molar-refractivity contribution in [2.24, 2.45) is 10.7 Å². The molecule has 1 aliphatic rings. The fraction of sp³-hybridized carbons (Fsp3) is 0.381. The molecule has 2 aromatic rings. The van der Waals surface area contributed by atoms with Crippen molar-refractivity contribution in [1.82, 2.24) is 0 Å². The Balaban J connectivity index is 1.73. The van der Waals surface area contributed by atoms with Crippen molar-refractivity contribution >= 4 is 11.6 Å². The molecule has 0 spiro atoms. The number of nitrogens with zero attached hydrogens (tertiary/aromatic N) is 1. The fourth-order valence-electron chi connectivity index (χ4n) is 3.34. The number of benzene rings is 2. The average Bonchev–Trinajstić information content (AvgIpc) is 2.73. The Kier molecular flexibility index (Phi) is 6.19. The molecule has 1 fully saturated rings. The van der Waals surface area contributed by atoms with Gasteiger partial charge in [-0.1, -0.05) is 12.1 Å². The van der Waals surface area contributed by atoms with Gasteiger partial charge in [0.05, 0.1) is 20.8 Å². The number of guanidine groups is 1. The summed E-state index contributed by atoms with van der Waals surface area (Å²) in [7, 11) is 3.32. The monoisotopic (exact) mass is 369 g/mol. The van der Waals surface area contributed by atoms with E-state index in [1.54, 1.807) is 14.2 Å². The highest BCUT2D eigenvalue weighted by atomic mass is 16.5. The van der Waals surface area contributed by atoms with Crippen LogP contribution in [0.25, 0.3) is 0 Å². The molecule has 6 heteroatoms. The zero-order valence-electron chi connectivity index (χ0n) is 15.9. The molecule has 3 rings (SSSR count). The largest absolute Gasteiger partial charge is 0.497 e. The molecule has 0 aromatic heterocycles. The number of methoxy groups -OCH3 is 2. The Morgan fingerprint density at radius 2 is 1.56 bits per heavy atom. The van der Waals surface area contributed by atoms with E-state index >= 15 is 0 Å². The summed E-state index contributed by atoms with van der Waals surface area (Å²) >= 11 is 0. The Morgan fingerprint density at radius 1 is 1.00 bits per heavy atom. The quantitative estimate of drug-likeness (QED) is 0.604. The maximum atomic E-state index is 6.13.